The molecule has 0 spiro atoms. The summed E-state index contributed by atoms with van der Waals surface area (Å²) < 4.78 is 6.26. The number of nitrogens with zero attached hydrogens (tertiary/aromatic N) is 3. The van der Waals surface area contributed by atoms with Gasteiger partial charge in [0.15, 0.2) is 0 Å². The summed E-state index contributed by atoms with van der Waals surface area (Å²) in [5.41, 5.74) is 4.75. The second-order valence-electron chi connectivity index (χ2n) is 11.1. The fourth-order valence-electron chi connectivity index (χ4n) is 6.40. The number of carbonyl (C=O) groups excluding carboxylic acids is 2. The van der Waals surface area contributed by atoms with Crippen molar-refractivity contribution in [2.24, 2.45) is 5.92 Å². The number of aromatic nitrogens is 3. The minimum atomic E-state index is -0.396. The van der Waals surface area contributed by atoms with Gasteiger partial charge in [-0.1, -0.05) is 18.2 Å². The van der Waals surface area contributed by atoms with E-state index in [2.05, 4.69) is 37.2 Å². The van der Waals surface area contributed by atoms with Crippen LogP contribution < -0.4 is 5.56 Å². The second-order valence-corrected chi connectivity index (χ2v) is 12.0. The van der Waals surface area contributed by atoms with E-state index in [1.54, 1.807) is 7.11 Å². The van der Waals surface area contributed by atoms with Crippen molar-refractivity contribution in [2.45, 2.75) is 44.6 Å². The van der Waals surface area contributed by atoms with E-state index < -0.39 is 5.92 Å². The van der Waals surface area contributed by atoms with Crippen LogP contribution in [0.25, 0.3) is 21.8 Å². The number of aromatic amines is 2. The number of H-pyrrole nitrogens is 2. The molecule has 0 unspecified atom stereocenters. The molecular formula is C31H34BrN5O4. The highest BCUT2D eigenvalue weighted by atomic mass is 79.9. The van der Waals surface area contributed by atoms with Crippen LogP contribution in [0, 0.1) is 5.92 Å². The summed E-state index contributed by atoms with van der Waals surface area (Å²) in [5.74, 6) is -0.284. The molecule has 214 valence electrons. The molecule has 4 heterocycles. The molecular weight excluding hydrogens is 586 g/mol. The maximum Gasteiger partial charge on any atom is 0.251 e. The van der Waals surface area contributed by atoms with Gasteiger partial charge in [0, 0.05) is 66.6 Å². The van der Waals surface area contributed by atoms with Gasteiger partial charge >= 0.3 is 0 Å². The van der Waals surface area contributed by atoms with E-state index in [9.17, 15) is 14.4 Å². The molecule has 1 fully saturated rings. The summed E-state index contributed by atoms with van der Waals surface area (Å²) >= 11 is 3.66. The molecule has 4 aromatic rings. The maximum atomic E-state index is 13.8. The van der Waals surface area contributed by atoms with E-state index >= 15 is 0 Å². The number of aryl methyl sites for hydroxylation is 1. The van der Waals surface area contributed by atoms with Crippen LogP contribution >= 0.6 is 15.9 Å². The molecule has 1 atom stereocenters. The number of methoxy groups -OCH3 is 1. The third-order valence-corrected chi connectivity index (χ3v) is 9.35. The minimum Gasteiger partial charge on any atom is -0.383 e. The molecule has 2 aliphatic heterocycles. The van der Waals surface area contributed by atoms with Crippen molar-refractivity contribution in [1.82, 2.24) is 25.0 Å². The Kier molecular flexibility index (Phi) is 7.94. The third kappa shape index (κ3) is 5.55. The van der Waals surface area contributed by atoms with Gasteiger partial charge in [-0.3, -0.25) is 19.5 Å². The van der Waals surface area contributed by atoms with Crippen molar-refractivity contribution in [2.75, 3.05) is 33.4 Å². The quantitative estimate of drug-likeness (QED) is 0.330. The highest BCUT2D eigenvalue weighted by molar-refractivity contribution is 9.10. The number of nitrogens with one attached hydrogen (secondary N) is 2. The van der Waals surface area contributed by atoms with Crippen LogP contribution in [-0.4, -0.2) is 70.1 Å². The van der Waals surface area contributed by atoms with Gasteiger partial charge in [-0.25, -0.2) is 0 Å². The molecule has 2 N–H and O–H groups in total. The molecule has 9 nitrogen and oxygen atoms in total. The Labute approximate surface area is 246 Å². The lowest BCUT2D eigenvalue weighted by Gasteiger charge is -2.34. The van der Waals surface area contributed by atoms with Crippen LogP contribution in [0.3, 0.4) is 0 Å². The summed E-state index contributed by atoms with van der Waals surface area (Å²) in [5, 5.41) is 9.30. The molecule has 2 amide bonds. The Bertz CT molecular complexity index is 1660. The number of likely N-dealkylation sites (tertiary alicyclic amines) is 1. The second kappa shape index (κ2) is 11.8. The Morgan fingerprint density at radius 1 is 1.15 bits per heavy atom. The molecule has 0 radical (unpaired) electrons. The number of hydrogen-bond acceptors (Lipinski definition) is 5. The Balaban J connectivity index is 1.16. The van der Waals surface area contributed by atoms with Crippen LogP contribution in [0.15, 0.2) is 51.9 Å². The van der Waals surface area contributed by atoms with Crippen molar-refractivity contribution < 1.29 is 14.3 Å². The van der Waals surface area contributed by atoms with Gasteiger partial charge in [0.05, 0.1) is 18.3 Å². The third-order valence-electron chi connectivity index (χ3n) is 8.72. The van der Waals surface area contributed by atoms with Gasteiger partial charge in [-0.2, -0.15) is 5.10 Å². The first-order valence-electron chi connectivity index (χ1n) is 14.2. The van der Waals surface area contributed by atoms with E-state index in [1.807, 2.05) is 46.3 Å². The van der Waals surface area contributed by atoms with Crippen LogP contribution in [0.4, 0.5) is 0 Å². The number of halogens is 1. The molecule has 41 heavy (non-hydrogen) atoms. The largest absolute Gasteiger partial charge is 0.383 e. The zero-order valence-electron chi connectivity index (χ0n) is 23.1. The molecule has 1 saturated heterocycles. The normalized spacial score (nSPS) is 18.5. The molecule has 0 saturated carbocycles. The topological polar surface area (TPSA) is 111 Å². The van der Waals surface area contributed by atoms with E-state index in [-0.39, 0.29) is 29.7 Å². The maximum absolute atomic E-state index is 13.8. The van der Waals surface area contributed by atoms with Crippen molar-refractivity contribution >= 4 is 49.6 Å². The van der Waals surface area contributed by atoms with Gasteiger partial charge in [-0.05, 0) is 82.2 Å². The molecule has 6 rings (SSSR count). The standard InChI is InChI=1S/C31H34BrN5O4/c1-41-13-12-37-18-25-20(15-26(32)29-24(25)17-33-35-29)6-7-22(31(37)40)16-28(38)36-10-8-19(9-11-36)23-14-21-4-2-3-5-27(21)34-30(23)39/h2-5,14-15,17,19,22H,6-13,16,18H2,1H3,(H,33,35)(H,34,39)/t22-/m0/s1. The Morgan fingerprint density at radius 3 is 2.76 bits per heavy atom. The molecule has 2 aromatic carbocycles. The lowest BCUT2D eigenvalue weighted by Crippen LogP contribution is -2.43. The van der Waals surface area contributed by atoms with E-state index in [0.717, 1.165) is 50.2 Å². The summed E-state index contributed by atoms with van der Waals surface area (Å²) in [6, 6.07) is 11.9. The van der Waals surface area contributed by atoms with E-state index in [0.29, 0.717) is 45.6 Å². The first kappa shape index (κ1) is 27.7. The fraction of sp³-hybridized carbons (Fsp3) is 0.419. The van der Waals surface area contributed by atoms with Crippen molar-refractivity contribution in [3.63, 3.8) is 0 Å². The monoisotopic (exact) mass is 619 g/mol. The summed E-state index contributed by atoms with van der Waals surface area (Å²) in [4.78, 5) is 46.8. The van der Waals surface area contributed by atoms with Gasteiger partial charge < -0.3 is 19.5 Å². The average Bonchev–Trinajstić information content (AvgIpc) is 3.48. The smallest absolute Gasteiger partial charge is 0.251 e. The molecule has 2 aliphatic rings. The summed E-state index contributed by atoms with van der Waals surface area (Å²) in [6.07, 6.45) is 4.77. The zero-order valence-corrected chi connectivity index (χ0v) is 24.7. The Hall–Kier alpha value is -3.50. The van der Waals surface area contributed by atoms with Gasteiger partial charge in [0.2, 0.25) is 11.8 Å². The first-order valence-corrected chi connectivity index (χ1v) is 15.0. The average molecular weight is 621 g/mol. The number of amides is 2. The van der Waals surface area contributed by atoms with Gasteiger partial charge in [0.1, 0.15) is 0 Å². The molecule has 10 heteroatoms. The van der Waals surface area contributed by atoms with Crippen LogP contribution in [-0.2, 0) is 27.3 Å². The minimum absolute atomic E-state index is 0.00167. The SMILES string of the molecule is COCCN1Cc2c(cc(Br)c3[nH]ncc23)CC[C@@H](CC(=O)N2CCC(c3cc4ccccc4[nH]c3=O)CC2)C1=O. The molecule has 0 bridgehead atoms. The van der Waals surface area contributed by atoms with Crippen LogP contribution in [0.1, 0.15) is 48.3 Å². The number of rotatable bonds is 6. The predicted octanol–water partition coefficient (Wildman–Crippen LogP) is 4.50. The number of carbonyl (C=O) groups is 2. The first-order chi connectivity index (χ1) is 19.9. The number of fused-ring (bicyclic) bond motifs is 4. The number of pyridine rings is 1. The number of ether oxygens (including phenoxy) is 1. The lowest BCUT2D eigenvalue weighted by atomic mass is 9.87. The number of para-hydroxylation sites is 1. The van der Waals surface area contributed by atoms with Crippen molar-refractivity contribution in [3.05, 3.63) is 74.1 Å². The van der Waals surface area contributed by atoms with Crippen LogP contribution in [0.5, 0.6) is 0 Å². The molecule has 0 aliphatic carbocycles. The highest BCUT2D eigenvalue weighted by Crippen LogP contribution is 2.34. The number of benzene rings is 2. The molecule has 2 aromatic heterocycles. The van der Waals surface area contributed by atoms with Crippen LogP contribution in [0.2, 0.25) is 0 Å². The Morgan fingerprint density at radius 2 is 1.95 bits per heavy atom. The van der Waals surface area contributed by atoms with Gasteiger partial charge in [-0.15, -0.1) is 0 Å². The lowest BCUT2D eigenvalue weighted by molar-refractivity contribution is -0.143. The fourth-order valence-corrected chi connectivity index (χ4v) is 6.98. The van der Waals surface area contributed by atoms with Gasteiger partial charge in [0.25, 0.3) is 5.56 Å². The predicted molar refractivity (Wildman–Crippen MR) is 161 cm³/mol. The zero-order chi connectivity index (χ0) is 28.5. The number of hydrogen-bond donors (Lipinski definition) is 2. The van der Waals surface area contributed by atoms with Crippen molar-refractivity contribution in [1.29, 1.82) is 0 Å². The highest BCUT2D eigenvalue weighted by Gasteiger charge is 2.33. The van der Waals surface area contributed by atoms with E-state index in [4.69, 9.17) is 4.74 Å². The van der Waals surface area contributed by atoms with E-state index in [1.165, 1.54) is 5.56 Å². The summed E-state index contributed by atoms with van der Waals surface area (Å²) in [6.45, 7) is 2.50. The number of piperidine rings is 1. The van der Waals surface area contributed by atoms with Crippen molar-refractivity contribution in [3.8, 4) is 0 Å². The summed E-state index contributed by atoms with van der Waals surface area (Å²) in [7, 11) is 1.63.